The first kappa shape index (κ1) is 14.3. The van der Waals surface area contributed by atoms with Crippen molar-refractivity contribution < 1.29 is 9.90 Å². The van der Waals surface area contributed by atoms with Crippen molar-refractivity contribution >= 4 is 5.78 Å². The van der Waals surface area contributed by atoms with Gasteiger partial charge in [0.25, 0.3) is 0 Å². The molecule has 104 valence electrons. The first-order valence-electron chi connectivity index (χ1n) is 7.30. The van der Waals surface area contributed by atoms with E-state index in [1.807, 2.05) is 30.3 Å². The molecule has 0 saturated heterocycles. The largest absolute Gasteiger partial charge is 0.389 e. The summed E-state index contributed by atoms with van der Waals surface area (Å²) < 4.78 is 0. The third kappa shape index (κ3) is 2.59. The number of hydrogen-bond acceptors (Lipinski definition) is 2. The van der Waals surface area contributed by atoms with Crippen LogP contribution in [0.3, 0.4) is 0 Å². The second-order valence-electron chi connectivity index (χ2n) is 6.17. The number of benzene rings is 1. The Labute approximate surface area is 115 Å². The fourth-order valence-electron chi connectivity index (χ4n) is 3.41. The molecule has 0 amide bonds. The maximum Gasteiger partial charge on any atom is 0.146 e. The number of rotatable bonds is 2. The summed E-state index contributed by atoms with van der Waals surface area (Å²) in [5, 5.41) is 10.7. The lowest BCUT2D eigenvalue weighted by atomic mass is 9.61. The van der Waals surface area contributed by atoms with E-state index in [0.29, 0.717) is 6.42 Å². The third-order valence-corrected chi connectivity index (χ3v) is 4.49. The van der Waals surface area contributed by atoms with Crippen LogP contribution in [0.1, 0.15) is 57.9 Å². The Morgan fingerprint density at radius 1 is 1.05 bits per heavy atom. The molecule has 2 rings (SSSR count). The normalized spacial score (nSPS) is 25.7. The van der Waals surface area contributed by atoms with Crippen molar-refractivity contribution in [2.75, 3.05) is 0 Å². The first-order valence-corrected chi connectivity index (χ1v) is 7.30. The molecule has 2 nitrogen and oxygen atoms in total. The van der Waals surface area contributed by atoms with Crippen LogP contribution in [-0.2, 0) is 10.2 Å². The van der Waals surface area contributed by atoms with E-state index in [4.69, 9.17) is 0 Å². The summed E-state index contributed by atoms with van der Waals surface area (Å²) in [7, 11) is 0. The Morgan fingerprint density at radius 3 is 2.32 bits per heavy atom. The van der Waals surface area contributed by atoms with Crippen molar-refractivity contribution in [1.29, 1.82) is 0 Å². The Bertz CT molecular complexity index is 430. The predicted octanol–water partition coefficient (Wildman–Crippen LogP) is 3.62. The summed E-state index contributed by atoms with van der Waals surface area (Å²) in [5.74, 6) is 0.200. The average molecular weight is 260 g/mol. The third-order valence-electron chi connectivity index (χ3n) is 4.49. The molecule has 0 aliphatic heterocycles. The van der Waals surface area contributed by atoms with E-state index in [2.05, 4.69) is 0 Å². The monoisotopic (exact) mass is 260 g/mol. The summed E-state index contributed by atoms with van der Waals surface area (Å²) in [6, 6.07) is 9.83. The van der Waals surface area contributed by atoms with Gasteiger partial charge in [-0.2, -0.15) is 0 Å². The summed E-state index contributed by atoms with van der Waals surface area (Å²) in [6.07, 6.45) is 5.56. The van der Waals surface area contributed by atoms with Gasteiger partial charge in [-0.25, -0.2) is 0 Å². The SMILES string of the molecule is CC(C)(O)[C@]1(c2ccccc2)CCCCCCC1=O. The quantitative estimate of drug-likeness (QED) is 0.882. The lowest BCUT2D eigenvalue weighted by molar-refractivity contribution is -0.135. The summed E-state index contributed by atoms with van der Waals surface area (Å²) in [4.78, 5) is 12.8. The highest BCUT2D eigenvalue weighted by molar-refractivity contribution is 5.91. The zero-order chi connectivity index (χ0) is 13.9. The minimum atomic E-state index is -1.03. The maximum absolute atomic E-state index is 12.8. The topological polar surface area (TPSA) is 37.3 Å². The first-order chi connectivity index (χ1) is 8.98. The second-order valence-corrected chi connectivity index (χ2v) is 6.17. The van der Waals surface area contributed by atoms with Crippen LogP contribution in [0.2, 0.25) is 0 Å². The van der Waals surface area contributed by atoms with Gasteiger partial charge >= 0.3 is 0 Å². The summed E-state index contributed by atoms with van der Waals surface area (Å²) in [6.45, 7) is 3.55. The van der Waals surface area contributed by atoms with Crippen molar-refractivity contribution in [1.82, 2.24) is 0 Å². The molecule has 1 aliphatic rings. The van der Waals surface area contributed by atoms with Gasteiger partial charge in [0, 0.05) is 6.42 Å². The van der Waals surface area contributed by atoms with Crippen molar-refractivity contribution in [2.45, 2.75) is 63.4 Å². The molecule has 2 heteroatoms. The molecule has 0 unspecified atom stereocenters. The zero-order valence-electron chi connectivity index (χ0n) is 12.0. The van der Waals surface area contributed by atoms with Gasteiger partial charge < -0.3 is 5.11 Å². The molecule has 19 heavy (non-hydrogen) atoms. The molecule has 1 saturated carbocycles. The Morgan fingerprint density at radius 2 is 1.68 bits per heavy atom. The molecule has 1 N–H and O–H groups in total. The average Bonchev–Trinajstić information content (AvgIpc) is 2.34. The summed E-state index contributed by atoms with van der Waals surface area (Å²) >= 11 is 0. The highest BCUT2D eigenvalue weighted by Gasteiger charge is 2.50. The van der Waals surface area contributed by atoms with Crippen molar-refractivity contribution in [2.24, 2.45) is 0 Å². The van der Waals surface area contributed by atoms with Crippen LogP contribution in [0.5, 0.6) is 0 Å². The summed E-state index contributed by atoms with van der Waals surface area (Å²) in [5.41, 5.74) is -0.799. The smallest absolute Gasteiger partial charge is 0.146 e. The Kier molecular flexibility index (Phi) is 4.10. The van der Waals surface area contributed by atoms with Crippen LogP contribution >= 0.6 is 0 Å². The van der Waals surface area contributed by atoms with E-state index in [1.165, 1.54) is 0 Å². The maximum atomic E-state index is 12.8. The van der Waals surface area contributed by atoms with Crippen LogP contribution in [0.15, 0.2) is 30.3 Å². The highest BCUT2D eigenvalue weighted by atomic mass is 16.3. The lowest BCUT2D eigenvalue weighted by Gasteiger charge is -2.44. The number of aliphatic hydroxyl groups is 1. The van der Waals surface area contributed by atoms with Crippen molar-refractivity contribution in [3.63, 3.8) is 0 Å². The molecule has 0 heterocycles. The zero-order valence-corrected chi connectivity index (χ0v) is 12.0. The second kappa shape index (κ2) is 5.46. The minimum absolute atomic E-state index is 0.200. The van der Waals surface area contributed by atoms with Gasteiger partial charge in [-0.1, -0.05) is 49.6 Å². The fourth-order valence-corrected chi connectivity index (χ4v) is 3.41. The van der Waals surface area contributed by atoms with Gasteiger partial charge in [0.05, 0.1) is 11.0 Å². The van der Waals surface area contributed by atoms with E-state index in [9.17, 15) is 9.90 Å². The van der Waals surface area contributed by atoms with E-state index >= 15 is 0 Å². The van der Waals surface area contributed by atoms with Gasteiger partial charge in [0.15, 0.2) is 0 Å². The fraction of sp³-hybridized carbons (Fsp3) is 0.588. The predicted molar refractivity (Wildman–Crippen MR) is 77.1 cm³/mol. The number of carbonyl (C=O) groups is 1. The van der Waals surface area contributed by atoms with Crippen LogP contribution in [-0.4, -0.2) is 16.5 Å². The van der Waals surface area contributed by atoms with E-state index < -0.39 is 11.0 Å². The van der Waals surface area contributed by atoms with Crippen LogP contribution < -0.4 is 0 Å². The van der Waals surface area contributed by atoms with Crippen LogP contribution in [0, 0.1) is 0 Å². The number of ketones is 1. The van der Waals surface area contributed by atoms with Gasteiger partial charge in [-0.15, -0.1) is 0 Å². The highest BCUT2D eigenvalue weighted by Crippen LogP contribution is 2.43. The Hall–Kier alpha value is -1.15. The Balaban J connectivity index is 2.52. The molecular formula is C17H24O2. The molecule has 0 radical (unpaired) electrons. The van der Waals surface area contributed by atoms with Crippen molar-refractivity contribution in [3.05, 3.63) is 35.9 Å². The molecular weight excluding hydrogens is 236 g/mol. The number of carbonyl (C=O) groups excluding carboxylic acids is 1. The van der Waals surface area contributed by atoms with E-state index in [0.717, 1.165) is 37.7 Å². The molecule has 0 aromatic heterocycles. The molecule has 1 aliphatic carbocycles. The van der Waals surface area contributed by atoms with E-state index in [1.54, 1.807) is 13.8 Å². The number of Topliss-reactive ketones (excluding diaryl/α,β-unsaturated/α-hetero) is 1. The molecule has 0 spiro atoms. The van der Waals surface area contributed by atoms with Gasteiger partial charge in [-0.3, -0.25) is 4.79 Å². The van der Waals surface area contributed by atoms with Gasteiger partial charge in [0.1, 0.15) is 5.78 Å². The van der Waals surface area contributed by atoms with Gasteiger partial charge in [0.2, 0.25) is 0 Å². The number of hydrogen-bond donors (Lipinski definition) is 1. The van der Waals surface area contributed by atoms with E-state index in [-0.39, 0.29) is 5.78 Å². The molecule has 1 aromatic carbocycles. The van der Waals surface area contributed by atoms with Crippen LogP contribution in [0.4, 0.5) is 0 Å². The van der Waals surface area contributed by atoms with Crippen LogP contribution in [0.25, 0.3) is 0 Å². The van der Waals surface area contributed by atoms with Crippen molar-refractivity contribution in [3.8, 4) is 0 Å². The molecule has 1 fully saturated rings. The lowest BCUT2D eigenvalue weighted by Crippen LogP contribution is -2.53. The molecule has 0 bridgehead atoms. The van der Waals surface area contributed by atoms with Gasteiger partial charge in [-0.05, 0) is 32.3 Å². The molecule has 1 atom stereocenters. The minimum Gasteiger partial charge on any atom is -0.389 e. The molecule has 1 aromatic rings. The standard InChI is InChI=1S/C17H24O2/c1-16(2,19)17(14-10-6-5-7-11-14)13-9-4-3-8-12-15(17)18/h5-7,10-11,19H,3-4,8-9,12-13H2,1-2H3/t17-/m0/s1.